The number of carbonyl (C=O) groups excluding carboxylic acids is 1. The van der Waals surface area contributed by atoms with E-state index in [1.807, 2.05) is 29.2 Å². The number of nitrogens with one attached hydrogen (secondary N) is 2. The number of nitrogens with zero attached hydrogens (tertiary/aromatic N) is 2. The number of benzene rings is 1. The lowest BCUT2D eigenvalue weighted by Gasteiger charge is -2.35. The smallest absolute Gasteiger partial charge is 0.225 e. The maximum atomic E-state index is 12.6. The number of guanidine groups is 1. The van der Waals surface area contributed by atoms with Gasteiger partial charge in [-0.3, -0.25) is 9.79 Å². The molecule has 0 saturated carbocycles. The van der Waals surface area contributed by atoms with E-state index in [9.17, 15) is 4.79 Å². The highest BCUT2D eigenvalue weighted by Crippen LogP contribution is 2.20. The summed E-state index contributed by atoms with van der Waals surface area (Å²) in [4.78, 5) is 18.9. The Bertz CT molecular complexity index is 677. The molecule has 0 spiro atoms. The van der Waals surface area contributed by atoms with Crippen LogP contribution in [-0.2, 0) is 9.53 Å². The molecule has 0 aromatic heterocycles. The van der Waals surface area contributed by atoms with Gasteiger partial charge in [-0.25, -0.2) is 0 Å². The lowest BCUT2D eigenvalue weighted by Crippen LogP contribution is -2.51. The summed E-state index contributed by atoms with van der Waals surface area (Å²) in [6.07, 6.45) is 3.56. The van der Waals surface area contributed by atoms with Crippen LogP contribution in [-0.4, -0.2) is 56.6 Å². The van der Waals surface area contributed by atoms with Gasteiger partial charge in [0.1, 0.15) is 0 Å². The summed E-state index contributed by atoms with van der Waals surface area (Å²) >= 11 is 6.10. The molecule has 1 aliphatic rings. The molecule has 8 heteroatoms. The highest BCUT2D eigenvalue weighted by molar-refractivity contribution is 14.0. The molecule has 0 radical (unpaired) electrons. The van der Waals surface area contributed by atoms with Gasteiger partial charge in [0.2, 0.25) is 5.91 Å². The fraction of sp³-hybridized carbons (Fsp3) is 0.636. The van der Waals surface area contributed by atoms with Crippen LogP contribution >= 0.6 is 35.6 Å². The molecule has 1 heterocycles. The summed E-state index contributed by atoms with van der Waals surface area (Å²) in [5, 5.41) is 7.53. The van der Waals surface area contributed by atoms with Gasteiger partial charge in [0, 0.05) is 50.8 Å². The molecule has 1 fully saturated rings. The van der Waals surface area contributed by atoms with Crippen molar-refractivity contribution in [2.24, 2.45) is 10.9 Å². The van der Waals surface area contributed by atoms with Crippen LogP contribution in [0.15, 0.2) is 29.3 Å². The SMILES string of the molecule is CCC(CC)C(=O)N1CCC(NC(=NC)NCC(OC)c2cccc(Cl)c2)CC1.I. The summed E-state index contributed by atoms with van der Waals surface area (Å²) in [7, 11) is 3.46. The van der Waals surface area contributed by atoms with E-state index in [0.717, 1.165) is 50.3 Å². The molecule has 2 N–H and O–H groups in total. The van der Waals surface area contributed by atoms with Crippen molar-refractivity contribution < 1.29 is 9.53 Å². The number of amides is 1. The second-order valence-corrected chi connectivity index (χ2v) is 7.93. The standard InChI is InChI=1S/C22H35ClN4O2.HI/c1-5-16(6-2)21(28)27-12-10-19(11-13-27)26-22(24-3)25-15-20(29-4)17-8-7-9-18(23)14-17;/h7-9,14,16,19-20H,5-6,10-13,15H2,1-4H3,(H2,24,25,26);1H. The number of halogens is 2. The molecule has 1 amide bonds. The normalized spacial score (nSPS) is 16.2. The molecule has 170 valence electrons. The third-order valence-electron chi connectivity index (χ3n) is 5.67. The first-order valence-corrected chi connectivity index (χ1v) is 10.9. The fourth-order valence-electron chi connectivity index (χ4n) is 3.76. The first-order chi connectivity index (χ1) is 14.0. The number of methoxy groups -OCH3 is 1. The number of rotatable bonds is 8. The molecule has 30 heavy (non-hydrogen) atoms. The van der Waals surface area contributed by atoms with Gasteiger partial charge in [-0.2, -0.15) is 0 Å². The topological polar surface area (TPSA) is 66.0 Å². The van der Waals surface area contributed by atoms with Crippen molar-refractivity contribution in [3.8, 4) is 0 Å². The molecular weight excluding hydrogens is 515 g/mol. The molecule has 2 rings (SSSR count). The van der Waals surface area contributed by atoms with E-state index in [1.165, 1.54) is 0 Å². The molecule has 1 aromatic rings. The van der Waals surface area contributed by atoms with Gasteiger partial charge in [0.25, 0.3) is 0 Å². The summed E-state index contributed by atoms with van der Waals surface area (Å²) in [6, 6.07) is 8.00. The van der Waals surface area contributed by atoms with E-state index in [-0.39, 0.29) is 36.0 Å². The lowest BCUT2D eigenvalue weighted by molar-refractivity contribution is -0.136. The van der Waals surface area contributed by atoms with Crippen LogP contribution in [0, 0.1) is 5.92 Å². The van der Waals surface area contributed by atoms with Crippen LogP contribution in [0.1, 0.15) is 51.2 Å². The van der Waals surface area contributed by atoms with Gasteiger partial charge < -0.3 is 20.3 Å². The second-order valence-electron chi connectivity index (χ2n) is 7.49. The number of ether oxygens (including phenoxy) is 1. The zero-order valence-corrected chi connectivity index (χ0v) is 21.6. The van der Waals surface area contributed by atoms with Crippen molar-refractivity contribution >= 4 is 47.4 Å². The predicted octanol–water partition coefficient (Wildman–Crippen LogP) is 4.24. The summed E-state index contributed by atoms with van der Waals surface area (Å²) in [5.74, 6) is 1.21. The Kier molecular flexibility index (Phi) is 12.7. The lowest BCUT2D eigenvalue weighted by atomic mass is 9.98. The molecule has 1 aromatic carbocycles. The van der Waals surface area contributed by atoms with E-state index in [2.05, 4.69) is 29.5 Å². The van der Waals surface area contributed by atoms with E-state index in [4.69, 9.17) is 16.3 Å². The summed E-state index contributed by atoms with van der Waals surface area (Å²) in [6.45, 7) is 6.36. The minimum Gasteiger partial charge on any atom is -0.375 e. The Hall–Kier alpha value is -1.06. The van der Waals surface area contributed by atoms with Crippen molar-refractivity contribution in [2.75, 3.05) is 33.8 Å². The number of hydrogen-bond donors (Lipinski definition) is 2. The third kappa shape index (κ3) is 7.89. The van der Waals surface area contributed by atoms with Crippen molar-refractivity contribution in [3.05, 3.63) is 34.9 Å². The first-order valence-electron chi connectivity index (χ1n) is 10.6. The molecule has 0 bridgehead atoms. The molecule has 1 unspecified atom stereocenters. The molecule has 1 aliphatic heterocycles. The Morgan fingerprint density at radius 2 is 1.97 bits per heavy atom. The molecule has 0 aliphatic carbocycles. The Morgan fingerprint density at radius 3 is 2.50 bits per heavy atom. The van der Waals surface area contributed by atoms with Gasteiger partial charge in [-0.1, -0.05) is 37.6 Å². The molecule has 6 nitrogen and oxygen atoms in total. The molecular formula is C22H36ClIN4O2. The van der Waals surface area contributed by atoms with E-state index in [1.54, 1.807) is 14.2 Å². The third-order valence-corrected chi connectivity index (χ3v) is 5.90. The molecule has 1 atom stereocenters. The van der Waals surface area contributed by atoms with E-state index >= 15 is 0 Å². The van der Waals surface area contributed by atoms with Gasteiger partial charge in [-0.05, 0) is 43.4 Å². The zero-order chi connectivity index (χ0) is 21.2. The highest BCUT2D eigenvalue weighted by atomic mass is 127. The summed E-state index contributed by atoms with van der Waals surface area (Å²) in [5.41, 5.74) is 1.02. The van der Waals surface area contributed by atoms with Crippen molar-refractivity contribution in [3.63, 3.8) is 0 Å². The maximum Gasteiger partial charge on any atom is 0.225 e. The monoisotopic (exact) mass is 550 g/mol. The van der Waals surface area contributed by atoms with Crippen LogP contribution < -0.4 is 10.6 Å². The Balaban J connectivity index is 0.00000450. The number of piperidine rings is 1. The van der Waals surface area contributed by atoms with Crippen LogP contribution in [0.25, 0.3) is 0 Å². The summed E-state index contributed by atoms with van der Waals surface area (Å²) < 4.78 is 5.61. The first kappa shape index (κ1) is 27.0. The predicted molar refractivity (Wildman–Crippen MR) is 135 cm³/mol. The van der Waals surface area contributed by atoms with E-state index in [0.29, 0.717) is 23.5 Å². The van der Waals surface area contributed by atoms with Crippen molar-refractivity contribution in [1.82, 2.24) is 15.5 Å². The zero-order valence-electron chi connectivity index (χ0n) is 18.5. The number of hydrogen-bond acceptors (Lipinski definition) is 3. The van der Waals surface area contributed by atoms with E-state index < -0.39 is 0 Å². The number of likely N-dealkylation sites (tertiary alicyclic amines) is 1. The number of carbonyl (C=O) groups is 1. The van der Waals surface area contributed by atoms with Gasteiger partial charge in [0.15, 0.2) is 5.96 Å². The maximum absolute atomic E-state index is 12.6. The Labute approximate surface area is 203 Å². The van der Waals surface area contributed by atoms with Gasteiger partial charge >= 0.3 is 0 Å². The van der Waals surface area contributed by atoms with Gasteiger partial charge in [0.05, 0.1) is 6.10 Å². The second kappa shape index (κ2) is 14.1. The largest absolute Gasteiger partial charge is 0.375 e. The minimum atomic E-state index is -0.119. The van der Waals surface area contributed by atoms with Crippen molar-refractivity contribution in [2.45, 2.75) is 51.7 Å². The van der Waals surface area contributed by atoms with Crippen LogP contribution in [0.4, 0.5) is 0 Å². The van der Waals surface area contributed by atoms with Crippen LogP contribution in [0.2, 0.25) is 5.02 Å². The average molecular weight is 551 g/mol. The quantitative estimate of drug-likeness (QED) is 0.289. The minimum absolute atomic E-state index is 0. The van der Waals surface area contributed by atoms with Gasteiger partial charge in [-0.15, -0.1) is 24.0 Å². The molecule has 1 saturated heterocycles. The highest BCUT2D eigenvalue weighted by Gasteiger charge is 2.27. The fourth-order valence-corrected chi connectivity index (χ4v) is 3.96. The average Bonchev–Trinajstić information content (AvgIpc) is 2.74. The van der Waals surface area contributed by atoms with Crippen molar-refractivity contribution in [1.29, 1.82) is 0 Å². The Morgan fingerprint density at radius 1 is 1.30 bits per heavy atom. The van der Waals surface area contributed by atoms with Crippen LogP contribution in [0.3, 0.4) is 0 Å². The van der Waals surface area contributed by atoms with Crippen LogP contribution in [0.5, 0.6) is 0 Å². The number of aliphatic imine (C=N–C) groups is 1.